The maximum atomic E-state index is 11.8. The van der Waals surface area contributed by atoms with Crippen LogP contribution >= 0.6 is 0 Å². The Hall–Kier alpha value is -1.99. The van der Waals surface area contributed by atoms with Crippen LogP contribution in [-0.4, -0.2) is 49.6 Å². The molecule has 140 valence electrons. The Morgan fingerprint density at radius 2 is 2.00 bits per heavy atom. The lowest BCUT2D eigenvalue weighted by atomic mass is 10.00. The van der Waals surface area contributed by atoms with E-state index in [0.717, 1.165) is 16.3 Å². The van der Waals surface area contributed by atoms with Crippen molar-refractivity contribution in [3.63, 3.8) is 0 Å². The summed E-state index contributed by atoms with van der Waals surface area (Å²) < 4.78 is 11.7. The van der Waals surface area contributed by atoms with Crippen molar-refractivity contribution in [1.82, 2.24) is 10.6 Å². The molecule has 3 N–H and O–H groups in total. The van der Waals surface area contributed by atoms with Gasteiger partial charge in [-0.3, -0.25) is 4.79 Å². The highest BCUT2D eigenvalue weighted by atomic mass is 16.7. The normalized spacial score (nSPS) is 26.0. The van der Waals surface area contributed by atoms with Gasteiger partial charge in [0, 0.05) is 19.0 Å². The Kier molecular flexibility index (Phi) is 5.88. The minimum absolute atomic E-state index is 0.0846. The molecule has 1 fully saturated rings. The van der Waals surface area contributed by atoms with Crippen molar-refractivity contribution in [2.45, 2.75) is 44.5 Å². The van der Waals surface area contributed by atoms with Gasteiger partial charge in [-0.1, -0.05) is 18.2 Å². The number of ether oxygens (including phenoxy) is 2. The Bertz CT molecular complexity index is 767. The van der Waals surface area contributed by atoms with E-state index in [1.54, 1.807) is 7.05 Å². The number of hydrogen-bond donors (Lipinski definition) is 3. The van der Waals surface area contributed by atoms with Gasteiger partial charge in [0.05, 0.1) is 24.9 Å². The Balaban J connectivity index is 1.68. The van der Waals surface area contributed by atoms with Gasteiger partial charge >= 0.3 is 0 Å². The molecule has 0 saturated carbocycles. The zero-order valence-electron chi connectivity index (χ0n) is 15.4. The Labute approximate surface area is 153 Å². The predicted octanol–water partition coefficient (Wildman–Crippen LogP) is 1.80. The van der Waals surface area contributed by atoms with Crippen molar-refractivity contribution in [1.29, 1.82) is 0 Å². The zero-order valence-corrected chi connectivity index (χ0v) is 15.4. The second-order valence-corrected chi connectivity index (χ2v) is 6.67. The fourth-order valence-corrected chi connectivity index (χ4v) is 3.43. The molecule has 1 saturated heterocycles. The molecular formula is C20H26N2O4. The molecule has 0 radical (unpaired) electrons. The van der Waals surface area contributed by atoms with Gasteiger partial charge in [0.15, 0.2) is 6.29 Å². The van der Waals surface area contributed by atoms with E-state index in [1.807, 2.05) is 50.4 Å². The maximum absolute atomic E-state index is 11.8. The topological polar surface area (TPSA) is 79.8 Å². The second kappa shape index (κ2) is 8.14. The number of likely N-dealkylation sites (N-methyl/N-ethyl adjacent to an activating group) is 1. The molecule has 0 bridgehead atoms. The van der Waals surface area contributed by atoms with Crippen LogP contribution in [0.2, 0.25) is 0 Å². The van der Waals surface area contributed by atoms with Crippen LogP contribution in [-0.2, 0) is 16.1 Å². The third-order valence-corrected chi connectivity index (χ3v) is 4.88. The van der Waals surface area contributed by atoms with E-state index in [9.17, 15) is 9.90 Å². The van der Waals surface area contributed by atoms with E-state index in [2.05, 4.69) is 10.6 Å². The van der Waals surface area contributed by atoms with Gasteiger partial charge in [-0.15, -0.1) is 0 Å². The van der Waals surface area contributed by atoms with E-state index in [-0.39, 0.29) is 18.1 Å². The summed E-state index contributed by atoms with van der Waals surface area (Å²) >= 11 is 0. The Morgan fingerprint density at radius 1 is 1.23 bits per heavy atom. The molecule has 1 heterocycles. The Morgan fingerprint density at radius 3 is 2.69 bits per heavy atom. The smallest absolute Gasteiger partial charge is 0.251 e. The number of carbonyl (C=O) groups excluding carboxylic acids is 1. The fraction of sp³-hybridized carbons (Fsp3) is 0.450. The van der Waals surface area contributed by atoms with E-state index < -0.39 is 12.4 Å². The highest BCUT2D eigenvalue weighted by Gasteiger charge is 2.34. The summed E-state index contributed by atoms with van der Waals surface area (Å²) in [5, 5.41) is 18.0. The number of hydrogen-bond acceptors (Lipinski definition) is 5. The minimum atomic E-state index is -0.500. The first kappa shape index (κ1) is 18.8. The number of carbonyl (C=O) groups is 1. The van der Waals surface area contributed by atoms with Gasteiger partial charge in [-0.25, -0.2) is 0 Å². The number of rotatable bonds is 5. The third-order valence-electron chi connectivity index (χ3n) is 4.88. The van der Waals surface area contributed by atoms with Gasteiger partial charge in [-0.05, 0) is 48.5 Å². The zero-order chi connectivity index (χ0) is 18.7. The molecule has 1 aliphatic heterocycles. The molecule has 26 heavy (non-hydrogen) atoms. The molecule has 6 heteroatoms. The van der Waals surface area contributed by atoms with Crippen LogP contribution in [0.4, 0.5) is 0 Å². The monoisotopic (exact) mass is 358 g/mol. The van der Waals surface area contributed by atoms with Crippen molar-refractivity contribution in [2.75, 3.05) is 14.1 Å². The summed E-state index contributed by atoms with van der Waals surface area (Å²) in [5.74, 6) is -0.105. The predicted molar refractivity (Wildman–Crippen MR) is 99.9 cm³/mol. The number of nitrogens with one attached hydrogen (secondary N) is 2. The molecule has 0 aliphatic carbocycles. The van der Waals surface area contributed by atoms with Crippen molar-refractivity contribution in [2.24, 2.45) is 0 Å². The maximum Gasteiger partial charge on any atom is 0.251 e. The van der Waals surface area contributed by atoms with Gasteiger partial charge in [0.1, 0.15) is 0 Å². The summed E-state index contributed by atoms with van der Waals surface area (Å²) in [6, 6.07) is 11.6. The van der Waals surface area contributed by atoms with E-state index in [4.69, 9.17) is 9.47 Å². The first-order valence-electron chi connectivity index (χ1n) is 8.89. The number of fused-ring (bicyclic) bond motifs is 1. The number of benzene rings is 2. The first-order chi connectivity index (χ1) is 12.5. The van der Waals surface area contributed by atoms with Crippen LogP contribution < -0.4 is 10.6 Å². The number of amides is 1. The lowest BCUT2D eigenvalue weighted by Crippen LogP contribution is -2.53. The van der Waals surface area contributed by atoms with Crippen molar-refractivity contribution < 1.29 is 19.4 Å². The highest BCUT2D eigenvalue weighted by Crippen LogP contribution is 2.23. The molecular weight excluding hydrogens is 332 g/mol. The van der Waals surface area contributed by atoms with Crippen LogP contribution in [0.1, 0.15) is 29.3 Å². The quantitative estimate of drug-likeness (QED) is 0.760. The molecule has 6 nitrogen and oxygen atoms in total. The minimum Gasteiger partial charge on any atom is -0.391 e. The van der Waals surface area contributed by atoms with Crippen LogP contribution in [0.3, 0.4) is 0 Å². The van der Waals surface area contributed by atoms with E-state index in [1.165, 1.54) is 0 Å². The second-order valence-electron chi connectivity index (χ2n) is 6.67. The number of aliphatic hydroxyl groups excluding tert-OH is 1. The molecule has 0 unspecified atom stereocenters. The largest absolute Gasteiger partial charge is 0.391 e. The van der Waals surface area contributed by atoms with E-state index >= 15 is 0 Å². The number of aliphatic hydroxyl groups is 1. The molecule has 2 aromatic carbocycles. The van der Waals surface area contributed by atoms with Crippen molar-refractivity contribution in [3.8, 4) is 0 Å². The molecule has 0 aromatic heterocycles. The third kappa shape index (κ3) is 4.04. The molecule has 1 aliphatic rings. The summed E-state index contributed by atoms with van der Waals surface area (Å²) in [4.78, 5) is 11.8. The molecule has 4 atom stereocenters. The average Bonchev–Trinajstić information content (AvgIpc) is 2.65. The molecule has 1 amide bonds. The summed E-state index contributed by atoms with van der Waals surface area (Å²) in [6.07, 6.45) is -0.622. The summed E-state index contributed by atoms with van der Waals surface area (Å²) in [6.45, 7) is 2.31. The average molecular weight is 358 g/mol. The lowest BCUT2D eigenvalue weighted by molar-refractivity contribution is -0.225. The van der Waals surface area contributed by atoms with Crippen LogP contribution in [0.25, 0.3) is 10.8 Å². The van der Waals surface area contributed by atoms with Crippen molar-refractivity contribution >= 4 is 16.7 Å². The lowest BCUT2D eigenvalue weighted by Gasteiger charge is -2.37. The standard InChI is InChI=1S/C20H26N2O4/c1-12-19(21-2)17(23)10-18(26-12)25-11-13-4-5-14-6-7-15(20(24)22-3)9-16(14)8-13/h4-9,12,17-19,21,23H,10-11H2,1-3H3,(H,22,24)/t12-,17+,18-,19-/m1/s1. The summed E-state index contributed by atoms with van der Waals surface area (Å²) in [5.41, 5.74) is 1.62. The van der Waals surface area contributed by atoms with Crippen LogP contribution in [0.5, 0.6) is 0 Å². The molecule has 2 aromatic rings. The van der Waals surface area contributed by atoms with E-state index in [0.29, 0.717) is 18.6 Å². The van der Waals surface area contributed by atoms with Gasteiger partial charge < -0.3 is 25.2 Å². The van der Waals surface area contributed by atoms with Gasteiger partial charge in [0.2, 0.25) is 0 Å². The SMILES string of the molecule is CNC(=O)c1ccc2ccc(CO[C@H]3C[C@H](O)[C@H](NC)[C@@H](C)O3)cc2c1. The van der Waals surface area contributed by atoms with Gasteiger partial charge in [0.25, 0.3) is 5.91 Å². The van der Waals surface area contributed by atoms with Crippen molar-refractivity contribution in [3.05, 3.63) is 47.5 Å². The van der Waals surface area contributed by atoms with Crippen LogP contribution in [0, 0.1) is 0 Å². The molecule has 3 rings (SSSR count). The fourth-order valence-electron chi connectivity index (χ4n) is 3.43. The first-order valence-corrected chi connectivity index (χ1v) is 8.89. The van der Waals surface area contributed by atoms with Crippen LogP contribution in [0.15, 0.2) is 36.4 Å². The van der Waals surface area contributed by atoms with Gasteiger partial charge in [-0.2, -0.15) is 0 Å². The molecule has 0 spiro atoms. The highest BCUT2D eigenvalue weighted by molar-refractivity contribution is 5.98. The summed E-state index contributed by atoms with van der Waals surface area (Å²) in [7, 11) is 3.44.